The maximum atomic E-state index is 12.7. The van der Waals surface area contributed by atoms with E-state index in [2.05, 4.69) is 5.32 Å². The lowest BCUT2D eigenvalue weighted by Gasteiger charge is -2.10. The molecule has 1 amide bonds. The number of rotatable bonds is 7. The van der Waals surface area contributed by atoms with Crippen LogP contribution in [-0.2, 0) is 4.79 Å². The van der Waals surface area contributed by atoms with Crippen molar-refractivity contribution in [2.24, 2.45) is 0 Å². The fourth-order valence-electron chi connectivity index (χ4n) is 3.45. The molecule has 33 heavy (non-hydrogen) atoms. The first kappa shape index (κ1) is 23.6. The van der Waals surface area contributed by atoms with Gasteiger partial charge in [-0.15, -0.1) is 0 Å². The van der Waals surface area contributed by atoms with Crippen LogP contribution in [0.25, 0.3) is 11.8 Å². The van der Waals surface area contributed by atoms with Crippen molar-refractivity contribution in [1.29, 1.82) is 5.26 Å². The van der Waals surface area contributed by atoms with E-state index in [0.29, 0.717) is 29.3 Å². The van der Waals surface area contributed by atoms with Crippen LogP contribution in [0.3, 0.4) is 0 Å². The zero-order valence-electron chi connectivity index (χ0n) is 18.3. The molecule has 0 fully saturated rings. The molecule has 0 aliphatic rings. The first-order chi connectivity index (χ1) is 15.7. The van der Waals surface area contributed by atoms with Crippen molar-refractivity contribution < 1.29 is 14.5 Å². The number of halogens is 1. The Kier molecular flexibility index (Phi) is 7.16. The second kappa shape index (κ2) is 10.0. The molecular weight excluding hydrogens is 444 g/mol. The third-order valence-electron chi connectivity index (χ3n) is 4.92. The van der Waals surface area contributed by atoms with Gasteiger partial charge in [-0.05, 0) is 62.7 Å². The maximum Gasteiger partial charge on any atom is 0.288 e. The molecule has 1 heterocycles. The molecule has 0 bridgehead atoms. The van der Waals surface area contributed by atoms with E-state index in [1.54, 1.807) is 30.3 Å². The van der Waals surface area contributed by atoms with E-state index in [1.165, 1.54) is 18.2 Å². The number of nitrogens with one attached hydrogen (secondary N) is 1. The zero-order valence-corrected chi connectivity index (χ0v) is 19.0. The first-order valence-corrected chi connectivity index (χ1v) is 10.4. The van der Waals surface area contributed by atoms with Crippen molar-refractivity contribution in [3.63, 3.8) is 0 Å². The Bertz CT molecular complexity index is 1300. The highest BCUT2D eigenvalue weighted by molar-refractivity contribution is 6.32. The van der Waals surface area contributed by atoms with E-state index in [0.717, 1.165) is 11.4 Å². The maximum absolute atomic E-state index is 12.7. The van der Waals surface area contributed by atoms with Crippen LogP contribution in [0.5, 0.6) is 5.75 Å². The van der Waals surface area contributed by atoms with E-state index >= 15 is 0 Å². The van der Waals surface area contributed by atoms with Gasteiger partial charge in [-0.1, -0.05) is 17.7 Å². The number of aryl methyl sites for hydroxylation is 1. The summed E-state index contributed by atoms with van der Waals surface area (Å²) >= 11 is 6.07. The minimum absolute atomic E-state index is 0.0217. The second-order valence-corrected chi connectivity index (χ2v) is 7.55. The van der Waals surface area contributed by atoms with Gasteiger partial charge in [0.1, 0.15) is 22.4 Å². The van der Waals surface area contributed by atoms with Gasteiger partial charge >= 0.3 is 0 Å². The van der Waals surface area contributed by atoms with Gasteiger partial charge in [0.15, 0.2) is 0 Å². The summed E-state index contributed by atoms with van der Waals surface area (Å²) < 4.78 is 7.28. The summed E-state index contributed by atoms with van der Waals surface area (Å²) in [4.78, 5) is 23.2. The molecular formula is C24H21ClN4O4. The molecule has 3 aromatic rings. The smallest absolute Gasteiger partial charge is 0.288 e. The fraction of sp³-hybridized carbons (Fsp3) is 0.167. The van der Waals surface area contributed by atoms with Gasteiger partial charge < -0.3 is 14.6 Å². The number of carbonyl (C=O) groups is 1. The average molecular weight is 465 g/mol. The van der Waals surface area contributed by atoms with Crippen molar-refractivity contribution in [3.8, 4) is 17.5 Å². The van der Waals surface area contributed by atoms with E-state index in [4.69, 9.17) is 16.3 Å². The highest BCUT2D eigenvalue weighted by Crippen LogP contribution is 2.30. The summed E-state index contributed by atoms with van der Waals surface area (Å²) in [6, 6.07) is 15.1. The van der Waals surface area contributed by atoms with Gasteiger partial charge in [0.25, 0.3) is 11.6 Å². The van der Waals surface area contributed by atoms with Crippen molar-refractivity contribution in [3.05, 3.63) is 86.2 Å². The van der Waals surface area contributed by atoms with Crippen LogP contribution in [0.15, 0.2) is 54.1 Å². The predicted octanol–water partition coefficient (Wildman–Crippen LogP) is 5.60. The van der Waals surface area contributed by atoms with Crippen LogP contribution >= 0.6 is 11.6 Å². The lowest BCUT2D eigenvalue weighted by Crippen LogP contribution is -2.13. The molecule has 3 rings (SSSR count). The Morgan fingerprint density at radius 3 is 2.67 bits per heavy atom. The monoisotopic (exact) mass is 464 g/mol. The summed E-state index contributed by atoms with van der Waals surface area (Å²) in [6.45, 7) is 6.04. The number of anilines is 1. The highest BCUT2D eigenvalue weighted by Gasteiger charge is 2.17. The molecule has 0 spiro atoms. The standard InChI is InChI=1S/C24H21ClN4O4/c1-4-33-21-7-5-6-19(12-21)27-24(30)18(14-26)11-17-10-15(2)28(16(17)3)20-8-9-23(29(31)32)22(25)13-20/h5-13H,4H2,1-3H3,(H,27,30)/b18-11-. The number of amides is 1. The molecule has 0 unspecified atom stereocenters. The fourth-order valence-corrected chi connectivity index (χ4v) is 3.69. The summed E-state index contributed by atoms with van der Waals surface area (Å²) in [5.74, 6) is 0.0671. The van der Waals surface area contributed by atoms with E-state index < -0.39 is 10.8 Å². The van der Waals surface area contributed by atoms with Crippen LogP contribution in [-0.4, -0.2) is 22.0 Å². The third-order valence-corrected chi connectivity index (χ3v) is 5.23. The molecule has 1 N–H and O–H groups in total. The minimum Gasteiger partial charge on any atom is -0.494 e. The van der Waals surface area contributed by atoms with Crippen molar-refractivity contribution in [2.75, 3.05) is 11.9 Å². The number of benzene rings is 2. The molecule has 0 radical (unpaired) electrons. The van der Waals surface area contributed by atoms with Crippen molar-refractivity contribution >= 4 is 35.0 Å². The van der Waals surface area contributed by atoms with Crippen LogP contribution in [0.2, 0.25) is 5.02 Å². The average Bonchev–Trinajstić information content (AvgIpc) is 3.04. The normalized spacial score (nSPS) is 11.1. The number of ether oxygens (including phenoxy) is 1. The number of nitro groups is 1. The Morgan fingerprint density at radius 2 is 2.03 bits per heavy atom. The Morgan fingerprint density at radius 1 is 1.27 bits per heavy atom. The van der Waals surface area contributed by atoms with E-state index in [1.807, 2.05) is 37.5 Å². The number of nitrogens with zero attached hydrogens (tertiary/aromatic N) is 3. The predicted molar refractivity (Wildman–Crippen MR) is 127 cm³/mol. The Hall–Kier alpha value is -4.09. The summed E-state index contributed by atoms with van der Waals surface area (Å²) in [7, 11) is 0. The quantitative estimate of drug-likeness (QED) is 0.212. The third kappa shape index (κ3) is 5.22. The molecule has 2 aromatic carbocycles. The summed E-state index contributed by atoms with van der Waals surface area (Å²) in [5.41, 5.74) is 3.12. The lowest BCUT2D eigenvalue weighted by molar-refractivity contribution is -0.384. The molecule has 8 nitrogen and oxygen atoms in total. The van der Waals surface area contributed by atoms with Crippen molar-refractivity contribution in [1.82, 2.24) is 4.57 Å². The molecule has 0 saturated heterocycles. The molecule has 168 valence electrons. The zero-order chi connectivity index (χ0) is 24.1. The lowest BCUT2D eigenvalue weighted by atomic mass is 10.1. The number of nitro benzene ring substituents is 1. The number of hydrogen-bond donors (Lipinski definition) is 1. The topological polar surface area (TPSA) is 110 Å². The number of carbonyl (C=O) groups excluding carboxylic acids is 1. The van der Waals surface area contributed by atoms with Gasteiger partial charge in [-0.3, -0.25) is 14.9 Å². The Labute approximate surface area is 195 Å². The van der Waals surface area contributed by atoms with Gasteiger partial charge in [0.2, 0.25) is 0 Å². The van der Waals surface area contributed by atoms with E-state index in [-0.39, 0.29) is 16.3 Å². The molecule has 0 aliphatic heterocycles. The van der Waals surface area contributed by atoms with Crippen LogP contribution in [0.1, 0.15) is 23.9 Å². The van der Waals surface area contributed by atoms with E-state index in [9.17, 15) is 20.2 Å². The van der Waals surface area contributed by atoms with Crippen LogP contribution in [0.4, 0.5) is 11.4 Å². The summed E-state index contributed by atoms with van der Waals surface area (Å²) in [6.07, 6.45) is 1.51. The molecule has 1 aromatic heterocycles. The van der Waals surface area contributed by atoms with Gasteiger partial charge in [-0.25, -0.2) is 0 Å². The first-order valence-electron chi connectivity index (χ1n) is 10.0. The van der Waals surface area contributed by atoms with Gasteiger partial charge in [0, 0.05) is 34.9 Å². The molecule has 0 atom stereocenters. The van der Waals surface area contributed by atoms with Crippen LogP contribution < -0.4 is 10.1 Å². The summed E-state index contributed by atoms with van der Waals surface area (Å²) in [5, 5.41) is 23.4. The molecule has 9 heteroatoms. The van der Waals surface area contributed by atoms with Gasteiger partial charge in [-0.2, -0.15) is 5.26 Å². The number of nitriles is 1. The Balaban J connectivity index is 1.91. The molecule has 0 aliphatic carbocycles. The number of aromatic nitrogens is 1. The SMILES string of the molecule is CCOc1cccc(NC(=O)/C(C#N)=C\c2cc(C)n(-c3ccc([N+](=O)[O-])c(Cl)c3)c2C)c1. The van der Waals surface area contributed by atoms with Gasteiger partial charge in [0.05, 0.1) is 11.5 Å². The highest BCUT2D eigenvalue weighted by atomic mass is 35.5. The number of hydrogen-bond acceptors (Lipinski definition) is 5. The second-order valence-electron chi connectivity index (χ2n) is 7.14. The van der Waals surface area contributed by atoms with Crippen LogP contribution in [0, 0.1) is 35.3 Å². The minimum atomic E-state index is -0.547. The largest absolute Gasteiger partial charge is 0.494 e. The molecule has 0 saturated carbocycles. The van der Waals surface area contributed by atoms with Crippen molar-refractivity contribution in [2.45, 2.75) is 20.8 Å².